The van der Waals surface area contributed by atoms with Gasteiger partial charge in [-0.3, -0.25) is 0 Å². The van der Waals surface area contributed by atoms with Crippen LogP contribution in [0.4, 0.5) is 4.79 Å². The lowest BCUT2D eigenvalue weighted by atomic mass is 9.97. The fourth-order valence-corrected chi connectivity index (χ4v) is 1.73. The van der Waals surface area contributed by atoms with E-state index in [4.69, 9.17) is 4.74 Å². The average molecular weight is 215 g/mol. The lowest BCUT2D eigenvalue weighted by molar-refractivity contribution is -0.380. The molecule has 15 heavy (non-hydrogen) atoms. The third-order valence-corrected chi connectivity index (χ3v) is 2.67. The molecule has 0 aromatic heterocycles. The van der Waals surface area contributed by atoms with Crippen LogP contribution in [0.25, 0.3) is 0 Å². The molecule has 1 aliphatic heterocycles. The molecule has 1 heterocycles. The summed E-state index contributed by atoms with van der Waals surface area (Å²) in [6.45, 7) is 8.29. The minimum absolute atomic E-state index is 0.176. The topological polar surface area (TPSA) is 57.2 Å². The molecule has 4 nitrogen and oxygen atoms in total. The highest BCUT2D eigenvalue weighted by molar-refractivity contribution is 5.68. The van der Waals surface area contributed by atoms with Crippen molar-refractivity contribution in [2.45, 2.75) is 39.2 Å². The van der Waals surface area contributed by atoms with Crippen molar-refractivity contribution < 1.29 is 15.3 Å². The lowest BCUT2D eigenvalue weighted by Crippen LogP contribution is -2.55. The predicted molar refractivity (Wildman–Crippen MR) is 58.3 cm³/mol. The standard InChI is InChI=1S/C11H22N2O2/c1-11(2,3)15-10(14)13-6-4-9(8-12)5-7-13/h9H,4-8,12H2,1-3H3/p+1. The van der Waals surface area contributed by atoms with E-state index in [1.165, 1.54) is 0 Å². The van der Waals surface area contributed by atoms with Gasteiger partial charge in [0.25, 0.3) is 0 Å². The van der Waals surface area contributed by atoms with Crippen LogP contribution in [0, 0.1) is 5.92 Å². The van der Waals surface area contributed by atoms with E-state index >= 15 is 0 Å². The first-order chi connectivity index (χ1) is 6.92. The van der Waals surface area contributed by atoms with Gasteiger partial charge in [-0.25, -0.2) is 4.79 Å². The number of rotatable bonds is 1. The van der Waals surface area contributed by atoms with Gasteiger partial charge in [0.2, 0.25) is 0 Å². The number of carbonyl (C=O) groups excluding carboxylic acids is 1. The molecule has 0 unspecified atom stereocenters. The van der Waals surface area contributed by atoms with Gasteiger partial charge in [-0.15, -0.1) is 0 Å². The molecule has 1 fully saturated rings. The molecule has 0 aromatic carbocycles. The van der Waals surface area contributed by atoms with Gasteiger partial charge in [-0.2, -0.15) is 0 Å². The van der Waals surface area contributed by atoms with Crippen molar-refractivity contribution in [2.75, 3.05) is 19.6 Å². The van der Waals surface area contributed by atoms with Gasteiger partial charge in [0.1, 0.15) is 5.60 Å². The van der Waals surface area contributed by atoms with Crippen LogP contribution in [0.5, 0.6) is 0 Å². The summed E-state index contributed by atoms with van der Waals surface area (Å²) in [5.74, 6) is 0.684. The van der Waals surface area contributed by atoms with E-state index in [-0.39, 0.29) is 11.7 Å². The molecular weight excluding hydrogens is 192 g/mol. The molecule has 0 saturated carbocycles. The first-order valence-electron chi connectivity index (χ1n) is 5.69. The van der Waals surface area contributed by atoms with Crippen molar-refractivity contribution in [2.24, 2.45) is 5.92 Å². The molecule has 0 aliphatic carbocycles. The largest absolute Gasteiger partial charge is 0.444 e. The van der Waals surface area contributed by atoms with Crippen LogP contribution in [0.2, 0.25) is 0 Å². The molecule has 0 spiro atoms. The summed E-state index contributed by atoms with van der Waals surface area (Å²) in [4.78, 5) is 13.5. The fourth-order valence-electron chi connectivity index (χ4n) is 1.73. The zero-order valence-electron chi connectivity index (χ0n) is 10.1. The third kappa shape index (κ3) is 4.08. The quantitative estimate of drug-likeness (QED) is 0.705. The van der Waals surface area contributed by atoms with Crippen LogP contribution in [-0.2, 0) is 4.74 Å². The Kier molecular flexibility index (Phi) is 3.97. The van der Waals surface area contributed by atoms with E-state index in [1.54, 1.807) is 4.90 Å². The third-order valence-electron chi connectivity index (χ3n) is 2.67. The van der Waals surface area contributed by atoms with E-state index < -0.39 is 0 Å². The summed E-state index contributed by atoms with van der Waals surface area (Å²) in [6, 6.07) is 0. The second kappa shape index (κ2) is 4.84. The molecular formula is C11H23N2O2+. The molecule has 0 bridgehead atoms. The fraction of sp³-hybridized carbons (Fsp3) is 0.909. The molecule has 1 aliphatic rings. The molecule has 3 N–H and O–H groups in total. The molecule has 0 atom stereocenters. The highest BCUT2D eigenvalue weighted by atomic mass is 16.6. The maximum atomic E-state index is 11.7. The molecule has 1 rings (SSSR count). The molecule has 1 amide bonds. The van der Waals surface area contributed by atoms with E-state index in [1.807, 2.05) is 20.8 Å². The summed E-state index contributed by atoms with van der Waals surface area (Å²) in [7, 11) is 0. The summed E-state index contributed by atoms with van der Waals surface area (Å²) in [6.07, 6.45) is 1.94. The number of hydrogen-bond acceptors (Lipinski definition) is 2. The van der Waals surface area contributed by atoms with Gasteiger partial charge < -0.3 is 15.4 Å². The van der Waals surface area contributed by atoms with E-state index in [0.29, 0.717) is 5.92 Å². The maximum absolute atomic E-state index is 11.7. The van der Waals surface area contributed by atoms with Gasteiger partial charge in [0, 0.05) is 19.0 Å². The summed E-state index contributed by atoms with van der Waals surface area (Å²) in [5, 5.41) is 0. The van der Waals surface area contributed by atoms with Crippen LogP contribution in [0.15, 0.2) is 0 Å². The predicted octanol–water partition coefficient (Wildman–Crippen LogP) is 0.875. The van der Waals surface area contributed by atoms with Crippen LogP contribution in [0.3, 0.4) is 0 Å². The zero-order chi connectivity index (χ0) is 11.5. The van der Waals surface area contributed by atoms with E-state index in [0.717, 1.165) is 32.5 Å². The van der Waals surface area contributed by atoms with E-state index in [9.17, 15) is 4.79 Å². The molecule has 4 heteroatoms. The highest BCUT2D eigenvalue weighted by Gasteiger charge is 2.26. The Morgan fingerprint density at radius 2 is 1.93 bits per heavy atom. The minimum Gasteiger partial charge on any atom is -0.444 e. The Bertz CT molecular complexity index is 215. The van der Waals surface area contributed by atoms with Crippen molar-refractivity contribution in [1.82, 2.24) is 4.90 Å². The van der Waals surface area contributed by atoms with Crippen LogP contribution >= 0.6 is 0 Å². The second-order valence-corrected chi connectivity index (χ2v) is 5.20. The molecule has 1 saturated heterocycles. The molecule has 88 valence electrons. The first-order valence-corrected chi connectivity index (χ1v) is 5.69. The van der Waals surface area contributed by atoms with Gasteiger partial charge in [0.05, 0.1) is 6.54 Å². The smallest absolute Gasteiger partial charge is 0.410 e. The Morgan fingerprint density at radius 3 is 2.33 bits per heavy atom. The molecule has 0 aromatic rings. The van der Waals surface area contributed by atoms with Crippen molar-refractivity contribution in [1.29, 1.82) is 0 Å². The number of amides is 1. The summed E-state index contributed by atoms with van der Waals surface area (Å²) in [5.41, 5.74) is 3.52. The van der Waals surface area contributed by atoms with Crippen LogP contribution in [-0.4, -0.2) is 36.2 Å². The van der Waals surface area contributed by atoms with Gasteiger partial charge in [0.15, 0.2) is 0 Å². The SMILES string of the molecule is CC(C)(C)OC(=O)N1CCC(C[NH3+])CC1. The van der Waals surface area contributed by atoms with Crippen LogP contribution < -0.4 is 5.73 Å². The Balaban J connectivity index is 2.37. The number of nitrogens with zero attached hydrogens (tertiary/aromatic N) is 1. The Morgan fingerprint density at radius 1 is 1.40 bits per heavy atom. The highest BCUT2D eigenvalue weighted by Crippen LogP contribution is 2.18. The van der Waals surface area contributed by atoms with Gasteiger partial charge in [-0.1, -0.05) is 0 Å². The Hall–Kier alpha value is -0.770. The monoisotopic (exact) mass is 215 g/mol. The second-order valence-electron chi connectivity index (χ2n) is 5.20. The number of hydrogen-bond donors (Lipinski definition) is 1. The van der Waals surface area contributed by atoms with Crippen molar-refractivity contribution in [3.05, 3.63) is 0 Å². The van der Waals surface area contributed by atoms with E-state index in [2.05, 4.69) is 5.73 Å². The zero-order valence-corrected chi connectivity index (χ0v) is 10.1. The number of likely N-dealkylation sites (tertiary alicyclic amines) is 1. The number of ether oxygens (including phenoxy) is 1. The molecule has 0 radical (unpaired) electrons. The van der Waals surface area contributed by atoms with Crippen molar-refractivity contribution >= 4 is 6.09 Å². The lowest BCUT2D eigenvalue weighted by Gasteiger charge is -2.32. The first kappa shape index (κ1) is 12.3. The number of quaternary nitrogens is 1. The van der Waals surface area contributed by atoms with Crippen molar-refractivity contribution in [3.8, 4) is 0 Å². The normalized spacial score (nSPS) is 19.1. The Labute approximate surface area is 91.8 Å². The van der Waals surface area contributed by atoms with Crippen molar-refractivity contribution in [3.63, 3.8) is 0 Å². The average Bonchev–Trinajstić information content (AvgIpc) is 2.15. The summed E-state index contributed by atoms with van der Waals surface area (Å²) < 4.78 is 5.32. The number of carbonyl (C=O) groups is 1. The minimum atomic E-state index is -0.389. The maximum Gasteiger partial charge on any atom is 0.410 e. The summed E-state index contributed by atoms with van der Waals surface area (Å²) >= 11 is 0. The van der Waals surface area contributed by atoms with Gasteiger partial charge in [-0.05, 0) is 33.6 Å². The number of piperidine rings is 1. The van der Waals surface area contributed by atoms with Gasteiger partial charge >= 0.3 is 6.09 Å². The van der Waals surface area contributed by atoms with Crippen LogP contribution in [0.1, 0.15) is 33.6 Å².